The van der Waals surface area contributed by atoms with E-state index in [1.807, 2.05) is 6.92 Å². The molecule has 0 amide bonds. The standard InChI is InChI=1S/C7H14O4S/c1-6-5-7(3-4-10-6)11-12(2,8)9/h6-7H,3-5H2,1-2H3/t6-,7+/m1/s1. The molecular weight excluding hydrogens is 180 g/mol. The highest BCUT2D eigenvalue weighted by molar-refractivity contribution is 7.86. The highest BCUT2D eigenvalue weighted by Crippen LogP contribution is 2.17. The second-order valence-corrected chi connectivity index (χ2v) is 4.73. The number of hydrogen-bond donors (Lipinski definition) is 0. The maximum atomic E-state index is 10.7. The third kappa shape index (κ3) is 3.51. The lowest BCUT2D eigenvalue weighted by Crippen LogP contribution is -2.30. The van der Waals surface area contributed by atoms with Gasteiger partial charge in [0.25, 0.3) is 10.1 Å². The fraction of sp³-hybridized carbons (Fsp3) is 1.00. The second kappa shape index (κ2) is 3.72. The predicted molar refractivity (Wildman–Crippen MR) is 44.4 cm³/mol. The van der Waals surface area contributed by atoms with Crippen molar-refractivity contribution < 1.29 is 17.3 Å². The summed E-state index contributed by atoms with van der Waals surface area (Å²) in [5.41, 5.74) is 0. The van der Waals surface area contributed by atoms with Gasteiger partial charge in [0.05, 0.1) is 18.5 Å². The van der Waals surface area contributed by atoms with Gasteiger partial charge >= 0.3 is 0 Å². The summed E-state index contributed by atoms with van der Waals surface area (Å²) < 4.78 is 31.6. The van der Waals surface area contributed by atoms with E-state index >= 15 is 0 Å². The van der Waals surface area contributed by atoms with Gasteiger partial charge in [0.2, 0.25) is 0 Å². The summed E-state index contributed by atoms with van der Waals surface area (Å²) in [6, 6.07) is 0. The van der Waals surface area contributed by atoms with Crippen molar-refractivity contribution in [2.45, 2.75) is 32.0 Å². The molecule has 0 aromatic carbocycles. The van der Waals surface area contributed by atoms with Crippen LogP contribution in [0.25, 0.3) is 0 Å². The van der Waals surface area contributed by atoms with Gasteiger partial charge in [-0.15, -0.1) is 0 Å². The van der Waals surface area contributed by atoms with Gasteiger partial charge in [-0.05, 0) is 13.3 Å². The van der Waals surface area contributed by atoms with E-state index in [2.05, 4.69) is 0 Å². The molecule has 5 heteroatoms. The predicted octanol–water partition coefficient (Wildman–Crippen LogP) is 0.530. The highest BCUT2D eigenvalue weighted by Gasteiger charge is 2.22. The summed E-state index contributed by atoms with van der Waals surface area (Å²) >= 11 is 0. The smallest absolute Gasteiger partial charge is 0.264 e. The zero-order chi connectivity index (χ0) is 9.19. The SMILES string of the molecule is C[C@@H]1C[C@@H](OS(C)(=O)=O)CCO1. The van der Waals surface area contributed by atoms with Gasteiger partial charge in [0.15, 0.2) is 0 Å². The lowest BCUT2D eigenvalue weighted by molar-refractivity contribution is -0.0229. The first-order valence-corrected chi connectivity index (χ1v) is 5.79. The zero-order valence-corrected chi connectivity index (χ0v) is 8.13. The van der Waals surface area contributed by atoms with Gasteiger partial charge in [-0.25, -0.2) is 0 Å². The van der Waals surface area contributed by atoms with Crippen LogP contribution in [0.15, 0.2) is 0 Å². The van der Waals surface area contributed by atoms with Gasteiger partial charge < -0.3 is 4.74 Å². The van der Waals surface area contributed by atoms with Crippen LogP contribution >= 0.6 is 0 Å². The quantitative estimate of drug-likeness (QED) is 0.602. The van der Waals surface area contributed by atoms with Crippen molar-refractivity contribution in [2.24, 2.45) is 0 Å². The molecule has 0 radical (unpaired) electrons. The van der Waals surface area contributed by atoms with E-state index in [9.17, 15) is 8.42 Å². The summed E-state index contributed by atoms with van der Waals surface area (Å²) in [5.74, 6) is 0. The Kier molecular flexibility index (Phi) is 3.09. The summed E-state index contributed by atoms with van der Waals surface area (Å²) in [5, 5.41) is 0. The average molecular weight is 194 g/mol. The Labute approximate surface area is 73.0 Å². The monoisotopic (exact) mass is 194 g/mol. The highest BCUT2D eigenvalue weighted by atomic mass is 32.2. The van der Waals surface area contributed by atoms with Gasteiger partial charge in [-0.2, -0.15) is 8.42 Å². The fourth-order valence-corrected chi connectivity index (χ4v) is 1.96. The first kappa shape index (κ1) is 9.95. The van der Waals surface area contributed by atoms with Crippen LogP contribution in [0.3, 0.4) is 0 Å². The molecule has 1 heterocycles. The van der Waals surface area contributed by atoms with Crippen LogP contribution in [-0.4, -0.2) is 33.5 Å². The number of rotatable bonds is 2. The number of hydrogen-bond acceptors (Lipinski definition) is 4. The van der Waals surface area contributed by atoms with E-state index in [0.29, 0.717) is 19.4 Å². The fourth-order valence-electron chi connectivity index (χ4n) is 1.29. The molecule has 0 N–H and O–H groups in total. The summed E-state index contributed by atoms with van der Waals surface area (Å²) in [6.07, 6.45) is 2.31. The van der Waals surface area contributed by atoms with Crippen LogP contribution in [0.2, 0.25) is 0 Å². The molecule has 0 unspecified atom stereocenters. The van der Waals surface area contributed by atoms with Crippen LogP contribution in [-0.2, 0) is 19.0 Å². The molecule has 2 atom stereocenters. The first-order valence-electron chi connectivity index (χ1n) is 3.97. The molecule has 12 heavy (non-hydrogen) atoms. The molecule has 0 bridgehead atoms. The average Bonchev–Trinajstić information content (AvgIpc) is 1.82. The summed E-state index contributed by atoms with van der Waals surface area (Å²) in [4.78, 5) is 0. The summed E-state index contributed by atoms with van der Waals surface area (Å²) in [7, 11) is -3.30. The second-order valence-electron chi connectivity index (χ2n) is 3.13. The van der Waals surface area contributed by atoms with Crippen LogP contribution in [0.5, 0.6) is 0 Å². The van der Waals surface area contributed by atoms with Crippen LogP contribution in [0, 0.1) is 0 Å². The van der Waals surface area contributed by atoms with Gasteiger partial charge in [0, 0.05) is 13.0 Å². The van der Waals surface area contributed by atoms with Gasteiger partial charge in [-0.1, -0.05) is 0 Å². The molecule has 0 aromatic rings. The first-order chi connectivity index (χ1) is 5.47. The van der Waals surface area contributed by atoms with Gasteiger partial charge in [0.1, 0.15) is 0 Å². The third-order valence-corrected chi connectivity index (χ3v) is 2.37. The van der Waals surface area contributed by atoms with Crippen molar-refractivity contribution in [1.82, 2.24) is 0 Å². The molecule has 1 aliphatic rings. The maximum absolute atomic E-state index is 10.7. The summed E-state index contributed by atoms with van der Waals surface area (Å²) in [6.45, 7) is 2.50. The van der Waals surface area contributed by atoms with E-state index in [1.54, 1.807) is 0 Å². The normalized spacial score (nSPS) is 31.8. The lowest BCUT2D eigenvalue weighted by atomic mass is 10.1. The topological polar surface area (TPSA) is 52.6 Å². The Balaban J connectivity index is 2.43. The Morgan fingerprint density at radius 2 is 2.17 bits per heavy atom. The van der Waals surface area contributed by atoms with E-state index in [0.717, 1.165) is 6.26 Å². The minimum Gasteiger partial charge on any atom is -0.378 e. The molecule has 0 saturated carbocycles. The lowest BCUT2D eigenvalue weighted by Gasteiger charge is -2.25. The van der Waals surface area contributed by atoms with Crippen molar-refractivity contribution in [3.63, 3.8) is 0 Å². The molecule has 72 valence electrons. The van der Waals surface area contributed by atoms with Crippen molar-refractivity contribution in [2.75, 3.05) is 12.9 Å². The third-order valence-electron chi connectivity index (χ3n) is 1.75. The Bertz CT molecular complexity index is 234. The van der Waals surface area contributed by atoms with Crippen molar-refractivity contribution in [1.29, 1.82) is 0 Å². The van der Waals surface area contributed by atoms with Crippen molar-refractivity contribution in [3.05, 3.63) is 0 Å². The zero-order valence-electron chi connectivity index (χ0n) is 7.32. The molecule has 1 aliphatic heterocycles. The minimum atomic E-state index is -3.30. The van der Waals surface area contributed by atoms with Crippen molar-refractivity contribution >= 4 is 10.1 Å². The Morgan fingerprint density at radius 3 is 2.67 bits per heavy atom. The molecule has 1 fully saturated rings. The van der Waals surface area contributed by atoms with E-state index in [1.165, 1.54) is 0 Å². The molecule has 1 rings (SSSR count). The molecule has 4 nitrogen and oxygen atoms in total. The molecule has 1 saturated heterocycles. The Hall–Kier alpha value is -0.130. The molecular formula is C7H14O4S. The number of ether oxygens (including phenoxy) is 1. The van der Waals surface area contributed by atoms with E-state index < -0.39 is 10.1 Å². The van der Waals surface area contributed by atoms with Crippen molar-refractivity contribution in [3.8, 4) is 0 Å². The maximum Gasteiger partial charge on any atom is 0.264 e. The van der Waals surface area contributed by atoms with Crippen LogP contribution < -0.4 is 0 Å². The van der Waals surface area contributed by atoms with Crippen LogP contribution in [0.1, 0.15) is 19.8 Å². The molecule has 0 aromatic heterocycles. The largest absolute Gasteiger partial charge is 0.378 e. The van der Waals surface area contributed by atoms with Crippen LogP contribution in [0.4, 0.5) is 0 Å². The van der Waals surface area contributed by atoms with Gasteiger partial charge in [-0.3, -0.25) is 4.18 Å². The van der Waals surface area contributed by atoms with E-state index in [4.69, 9.17) is 8.92 Å². The molecule has 0 spiro atoms. The minimum absolute atomic E-state index is 0.102. The molecule has 0 aliphatic carbocycles. The Morgan fingerprint density at radius 1 is 1.50 bits per heavy atom. The van der Waals surface area contributed by atoms with E-state index in [-0.39, 0.29) is 12.2 Å².